The molecule has 0 amide bonds. The average molecular weight is 180 g/mol. The molecular weight excluding hydrogens is 168 g/mol. The molecule has 6 nitrogen and oxygen atoms in total. The van der Waals surface area contributed by atoms with Crippen LogP contribution in [0.3, 0.4) is 0 Å². The second kappa shape index (κ2) is 6.30. The summed E-state index contributed by atoms with van der Waals surface area (Å²) in [4.78, 5) is 4.58. The van der Waals surface area contributed by atoms with Gasteiger partial charge in [-0.05, 0) is 38.9 Å². The first kappa shape index (κ1) is 9.85. The minimum absolute atomic E-state index is 0.467. The summed E-state index contributed by atoms with van der Waals surface area (Å²) in [6.45, 7) is 0.467. The van der Waals surface area contributed by atoms with Gasteiger partial charge in [0, 0.05) is 0 Å². The van der Waals surface area contributed by atoms with Crippen LogP contribution in [-0.2, 0) is 25.0 Å². The van der Waals surface area contributed by atoms with Crippen LogP contribution >= 0.6 is 0 Å². The zero-order valence-corrected chi connectivity index (χ0v) is 6.60. The molecule has 0 heterocycles. The third-order valence-corrected chi connectivity index (χ3v) is 1.91. The molecule has 1 saturated carbocycles. The molecule has 0 aliphatic heterocycles. The van der Waals surface area contributed by atoms with Crippen molar-refractivity contribution in [3.63, 3.8) is 0 Å². The molecule has 6 heteroatoms. The van der Waals surface area contributed by atoms with E-state index in [4.69, 9.17) is 5.26 Å². The van der Waals surface area contributed by atoms with Gasteiger partial charge in [-0.15, -0.1) is 0 Å². The lowest BCUT2D eigenvalue weighted by atomic mass is 10.1. The number of rotatable bonds is 6. The lowest BCUT2D eigenvalue weighted by Gasteiger charge is -2.05. The predicted molar refractivity (Wildman–Crippen MR) is 34.9 cm³/mol. The van der Waals surface area contributed by atoms with E-state index < -0.39 is 0 Å². The number of hydrogen-bond donors (Lipinski definition) is 1. The van der Waals surface area contributed by atoms with Gasteiger partial charge >= 0.3 is 0 Å². The maximum absolute atomic E-state index is 7.59. The molecule has 12 heavy (non-hydrogen) atoms. The van der Waals surface area contributed by atoms with Crippen LogP contribution in [-0.4, -0.2) is 11.9 Å². The van der Waals surface area contributed by atoms with Gasteiger partial charge in [0.05, 0.1) is 6.61 Å². The summed E-state index contributed by atoms with van der Waals surface area (Å²) in [6.07, 6.45) is 4.79. The third-order valence-electron chi connectivity index (χ3n) is 1.91. The van der Waals surface area contributed by atoms with E-state index >= 15 is 0 Å². The second-order valence-corrected chi connectivity index (χ2v) is 2.71. The van der Waals surface area contributed by atoms with E-state index in [1.54, 1.807) is 0 Å². The Morgan fingerprint density at radius 1 is 1.08 bits per heavy atom. The lowest BCUT2D eigenvalue weighted by molar-refractivity contribution is -0.753. The van der Waals surface area contributed by atoms with Crippen molar-refractivity contribution in [1.29, 1.82) is 0 Å². The molecule has 72 valence electrons. The summed E-state index contributed by atoms with van der Waals surface area (Å²) < 4.78 is 0. The summed E-state index contributed by atoms with van der Waals surface area (Å²) in [5, 5.41) is 22.0. The molecule has 1 aliphatic carbocycles. The van der Waals surface area contributed by atoms with Crippen molar-refractivity contribution in [2.45, 2.75) is 25.7 Å². The fourth-order valence-corrected chi connectivity index (χ4v) is 1.34. The minimum atomic E-state index is 0.467. The van der Waals surface area contributed by atoms with Crippen LogP contribution in [0.15, 0.2) is 0 Å². The highest BCUT2D eigenvalue weighted by molar-refractivity contribution is 4.65. The predicted octanol–water partition coefficient (Wildman–Crippen LogP) is 1.39. The maximum Gasteiger partial charge on any atom is 0.0883 e. The van der Waals surface area contributed by atoms with Crippen LogP contribution in [0.2, 0.25) is 0 Å². The molecule has 0 aromatic rings. The second-order valence-electron chi connectivity index (χ2n) is 2.71. The highest BCUT2D eigenvalue weighted by Crippen LogP contribution is 2.24. The summed E-state index contributed by atoms with van der Waals surface area (Å²) in [5.74, 6) is 0.531. The molecule has 0 bridgehead atoms. The van der Waals surface area contributed by atoms with Gasteiger partial charge in [-0.25, -0.2) is 10.1 Å². The van der Waals surface area contributed by atoms with Crippen molar-refractivity contribution in [3.05, 3.63) is 0 Å². The van der Waals surface area contributed by atoms with Crippen molar-refractivity contribution >= 4 is 0 Å². The van der Waals surface area contributed by atoms with E-state index in [2.05, 4.69) is 25.0 Å². The normalized spacial score (nSPS) is 18.8. The van der Waals surface area contributed by atoms with E-state index in [1.807, 2.05) is 0 Å². The van der Waals surface area contributed by atoms with Crippen LogP contribution in [0, 0.1) is 5.92 Å². The van der Waals surface area contributed by atoms with E-state index in [9.17, 15) is 0 Å². The van der Waals surface area contributed by atoms with Gasteiger partial charge in [0.15, 0.2) is 0 Å². The Labute approximate surface area is 69.6 Å². The molecular formula is C6H12O6. The monoisotopic (exact) mass is 180 g/mol. The lowest BCUT2D eigenvalue weighted by Crippen LogP contribution is -2.06. The quantitative estimate of drug-likeness (QED) is 0.378. The summed E-state index contributed by atoms with van der Waals surface area (Å²) >= 11 is 0. The van der Waals surface area contributed by atoms with Crippen LogP contribution in [0.4, 0.5) is 0 Å². The topological polar surface area (TPSA) is 66.4 Å². The maximum atomic E-state index is 7.59. The molecule has 0 atom stereocenters. The summed E-state index contributed by atoms with van der Waals surface area (Å²) in [5.41, 5.74) is 0. The van der Waals surface area contributed by atoms with Crippen molar-refractivity contribution in [1.82, 2.24) is 0 Å². The Morgan fingerprint density at radius 3 is 2.50 bits per heavy atom. The first-order valence-corrected chi connectivity index (χ1v) is 3.86. The summed E-state index contributed by atoms with van der Waals surface area (Å²) in [7, 11) is 0. The van der Waals surface area contributed by atoms with E-state index in [0.717, 1.165) is 12.8 Å². The Balaban J connectivity index is 1.81. The van der Waals surface area contributed by atoms with Gasteiger partial charge < -0.3 is 0 Å². The highest BCUT2D eigenvalue weighted by atomic mass is 17.8. The van der Waals surface area contributed by atoms with Gasteiger partial charge in [-0.1, -0.05) is 12.8 Å². The molecule has 0 aromatic carbocycles. The molecule has 0 radical (unpaired) electrons. The third kappa shape index (κ3) is 3.96. The standard InChI is InChI=1S/C6H12O6/c7-9-11-12-10-8-5-6-3-1-2-4-6/h6-7H,1-5H2. The van der Waals surface area contributed by atoms with Crippen molar-refractivity contribution < 1.29 is 30.3 Å². The molecule has 0 aromatic heterocycles. The minimum Gasteiger partial charge on any atom is -0.219 e. The summed E-state index contributed by atoms with van der Waals surface area (Å²) in [6, 6.07) is 0. The van der Waals surface area contributed by atoms with Gasteiger partial charge in [0.2, 0.25) is 0 Å². The highest BCUT2D eigenvalue weighted by Gasteiger charge is 2.15. The average Bonchev–Trinajstić information content (AvgIpc) is 2.57. The van der Waals surface area contributed by atoms with Gasteiger partial charge in [0.1, 0.15) is 0 Å². The van der Waals surface area contributed by atoms with E-state index in [0.29, 0.717) is 12.5 Å². The van der Waals surface area contributed by atoms with E-state index in [-0.39, 0.29) is 0 Å². The van der Waals surface area contributed by atoms with Crippen molar-refractivity contribution in [3.8, 4) is 0 Å². The van der Waals surface area contributed by atoms with Gasteiger partial charge in [-0.3, -0.25) is 0 Å². The van der Waals surface area contributed by atoms with Crippen LogP contribution in [0.5, 0.6) is 0 Å². The molecule has 1 rings (SSSR count). The molecule has 1 N–H and O–H groups in total. The first-order chi connectivity index (χ1) is 5.93. The fraction of sp³-hybridized carbons (Fsp3) is 1.00. The van der Waals surface area contributed by atoms with Crippen LogP contribution in [0.25, 0.3) is 0 Å². The Morgan fingerprint density at radius 2 is 1.83 bits per heavy atom. The van der Waals surface area contributed by atoms with Gasteiger partial charge in [0.25, 0.3) is 0 Å². The molecule has 1 fully saturated rings. The molecule has 0 unspecified atom stereocenters. The largest absolute Gasteiger partial charge is 0.219 e. The Bertz CT molecular complexity index is 102. The smallest absolute Gasteiger partial charge is 0.0883 e. The van der Waals surface area contributed by atoms with Crippen LogP contribution < -0.4 is 0 Å². The Hall–Kier alpha value is -0.240. The molecule has 0 saturated heterocycles. The van der Waals surface area contributed by atoms with Crippen LogP contribution in [0.1, 0.15) is 25.7 Å². The zero-order chi connectivity index (χ0) is 8.65. The zero-order valence-electron chi connectivity index (χ0n) is 6.60. The van der Waals surface area contributed by atoms with Crippen molar-refractivity contribution in [2.75, 3.05) is 6.61 Å². The fourth-order valence-electron chi connectivity index (χ4n) is 1.34. The first-order valence-electron chi connectivity index (χ1n) is 3.86. The molecule has 1 aliphatic rings. The number of hydrogen-bond acceptors (Lipinski definition) is 6. The molecule has 0 spiro atoms. The Kier molecular flexibility index (Phi) is 5.16. The van der Waals surface area contributed by atoms with Gasteiger partial charge in [-0.2, -0.15) is 0 Å². The van der Waals surface area contributed by atoms with E-state index in [1.165, 1.54) is 12.8 Å². The SMILES string of the molecule is OOOOOOCC1CCCC1. The van der Waals surface area contributed by atoms with Crippen molar-refractivity contribution in [2.24, 2.45) is 5.92 Å².